The molecular weight excluding hydrogens is 374 g/mol. The molecule has 1 atom stereocenters. The second-order valence-corrected chi connectivity index (χ2v) is 8.29. The van der Waals surface area contributed by atoms with Crippen LogP contribution in [0.2, 0.25) is 0 Å². The molecule has 0 saturated carbocycles. The van der Waals surface area contributed by atoms with Crippen molar-refractivity contribution in [3.8, 4) is 11.5 Å². The lowest BCUT2D eigenvalue weighted by atomic mass is 10.00. The lowest BCUT2D eigenvalue weighted by Gasteiger charge is -2.21. The minimum Gasteiger partial charge on any atom is -0.486 e. The Labute approximate surface area is 165 Å². The molecule has 0 spiro atoms. The summed E-state index contributed by atoms with van der Waals surface area (Å²) in [5, 5.41) is 0. The fraction of sp³-hybridized carbons (Fsp3) is 0.182. The van der Waals surface area contributed by atoms with Gasteiger partial charge < -0.3 is 9.47 Å². The number of nitrogens with one attached hydrogen (secondary N) is 1. The third kappa shape index (κ3) is 4.18. The molecule has 0 amide bonds. The number of hydrogen-bond acceptors (Lipinski definition) is 4. The van der Waals surface area contributed by atoms with E-state index < -0.39 is 10.0 Å². The van der Waals surface area contributed by atoms with Crippen LogP contribution in [0, 0.1) is 0 Å². The van der Waals surface area contributed by atoms with Crippen LogP contribution in [0.3, 0.4) is 0 Å². The van der Waals surface area contributed by atoms with Crippen molar-refractivity contribution in [2.75, 3.05) is 13.2 Å². The largest absolute Gasteiger partial charge is 0.486 e. The van der Waals surface area contributed by atoms with Crippen molar-refractivity contribution in [1.82, 2.24) is 4.72 Å². The number of benzene rings is 3. The van der Waals surface area contributed by atoms with E-state index in [1.54, 1.807) is 12.1 Å². The van der Waals surface area contributed by atoms with Crippen molar-refractivity contribution in [1.29, 1.82) is 0 Å². The Morgan fingerprint density at radius 1 is 0.821 bits per heavy atom. The van der Waals surface area contributed by atoms with Gasteiger partial charge in [-0.3, -0.25) is 0 Å². The first-order valence-corrected chi connectivity index (χ1v) is 10.6. The fourth-order valence-electron chi connectivity index (χ4n) is 3.21. The molecule has 0 bridgehead atoms. The first kappa shape index (κ1) is 18.5. The number of sulfonamides is 1. The maximum atomic E-state index is 13.1. The average molecular weight is 395 g/mol. The quantitative estimate of drug-likeness (QED) is 0.691. The molecule has 4 rings (SSSR count). The van der Waals surface area contributed by atoms with Gasteiger partial charge in [-0.1, -0.05) is 60.7 Å². The van der Waals surface area contributed by atoms with Gasteiger partial charge in [0.25, 0.3) is 0 Å². The van der Waals surface area contributed by atoms with E-state index >= 15 is 0 Å². The van der Waals surface area contributed by atoms with Gasteiger partial charge in [0.1, 0.15) is 13.2 Å². The predicted octanol–water partition coefficient (Wildman–Crippen LogP) is 3.72. The van der Waals surface area contributed by atoms with E-state index in [-0.39, 0.29) is 10.9 Å². The third-order valence-electron chi connectivity index (χ3n) is 4.61. The summed E-state index contributed by atoms with van der Waals surface area (Å²) in [5.41, 5.74) is 1.97. The van der Waals surface area contributed by atoms with E-state index in [1.807, 2.05) is 60.7 Å². The molecule has 1 heterocycles. The molecule has 1 unspecified atom stereocenters. The van der Waals surface area contributed by atoms with E-state index in [2.05, 4.69) is 4.72 Å². The average Bonchev–Trinajstić information content (AvgIpc) is 2.74. The van der Waals surface area contributed by atoms with Crippen molar-refractivity contribution in [3.63, 3.8) is 0 Å². The summed E-state index contributed by atoms with van der Waals surface area (Å²) >= 11 is 0. The van der Waals surface area contributed by atoms with Crippen LogP contribution in [-0.2, 0) is 16.4 Å². The molecule has 144 valence electrons. The highest BCUT2D eigenvalue weighted by Gasteiger charge is 2.24. The number of rotatable bonds is 6. The Morgan fingerprint density at radius 2 is 1.46 bits per heavy atom. The zero-order chi connectivity index (χ0) is 19.4. The normalized spacial score (nSPS) is 14.4. The Kier molecular flexibility index (Phi) is 5.32. The van der Waals surface area contributed by atoms with Crippen LogP contribution in [0.25, 0.3) is 0 Å². The summed E-state index contributed by atoms with van der Waals surface area (Å²) < 4.78 is 40.0. The molecule has 3 aromatic carbocycles. The maximum Gasteiger partial charge on any atom is 0.241 e. The van der Waals surface area contributed by atoms with Crippen molar-refractivity contribution < 1.29 is 17.9 Å². The van der Waals surface area contributed by atoms with Gasteiger partial charge in [0.05, 0.1) is 10.9 Å². The Morgan fingerprint density at radius 3 is 2.18 bits per heavy atom. The molecule has 0 aromatic heterocycles. The van der Waals surface area contributed by atoms with Gasteiger partial charge in [-0.15, -0.1) is 0 Å². The number of fused-ring (bicyclic) bond motifs is 1. The number of hydrogen-bond donors (Lipinski definition) is 1. The van der Waals surface area contributed by atoms with E-state index in [1.165, 1.54) is 6.07 Å². The third-order valence-corrected chi connectivity index (χ3v) is 6.08. The standard InChI is InChI=1S/C22H21NO4S/c24-28(25,19-11-12-21-22(16-19)27-14-13-26-21)23-20(18-9-5-2-6-10-18)15-17-7-3-1-4-8-17/h1-12,16,20,23H,13-15H2. The minimum atomic E-state index is -3.75. The Balaban J connectivity index is 1.63. The zero-order valence-electron chi connectivity index (χ0n) is 15.2. The first-order valence-electron chi connectivity index (χ1n) is 9.13. The van der Waals surface area contributed by atoms with Crippen LogP contribution < -0.4 is 14.2 Å². The fourth-order valence-corrected chi connectivity index (χ4v) is 4.45. The van der Waals surface area contributed by atoms with E-state index in [0.717, 1.165) is 11.1 Å². The Bertz CT molecular complexity index is 1040. The first-order chi connectivity index (χ1) is 13.6. The van der Waals surface area contributed by atoms with Gasteiger partial charge in [0, 0.05) is 6.07 Å². The summed E-state index contributed by atoms with van der Waals surface area (Å²) in [4.78, 5) is 0.158. The molecule has 0 radical (unpaired) electrons. The second kappa shape index (κ2) is 8.04. The molecule has 0 aliphatic carbocycles. The molecule has 0 fully saturated rings. The monoisotopic (exact) mass is 395 g/mol. The van der Waals surface area contributed by atoms with Crippen LogP contribution in [0.5, 0.6) is 11.5 Å². The van der Waals surface area contributed by atoms with E-state index in [0.29, 0.717) is 31.1 Å². The van der Waals surface area contributed by atoms with Gasteiger partial charge >= 0.3 is 0 Å². The second-order valence-electron chi connectivity index (χ2n) is 6.58. The lowest BCUT2D eigenvalue weighted by Crippen LogP contribution is -2.30. The van der Waals surface area contributed by atoms with E-state index in [4.69, 9.17) is 9.47 Å². The molecule has 5 nitrogen and oxygen atoms in total. The molecule has 1 aliphatic heterocycles. The van der Waals surface area contributed by atoms with Crippen LogP contribution in [-0.4, -0.2) is 21.6 Å². The predicted molar refractivity (Wildman–Crippen MR) is 107 cm³/mol. The van der Waals surface area contributed by atoms with Gasteiger partial charge in [0.2, 0.25) is 10.0 Å². The number of ether oxygens (including phenoxy) is 2. The topological polar surface area (TPSA) is 64.6 Å². The van der Waals surface area contributed by atoms with Crippen LogP contribution in [0.15, 0.2) is 83.8 Å². The molecule has 6 heteroatoms. The molecule has 1 N–H and O–H groups in total. The molecule has 0 saturated heterocycles. The zero-order valence-corrected chi connectivity index (χ0v) is 16.1. The van der Waals surface area contributed by atoms with Gasteiger partial charge in [0.15, 0.2) is 11.5 Å². The molecule has 1 aliphatic rings. The van der Waals surface area contributed by atoms with Gasteiger partial charge in [-0.05, 0) is 29.7 Å². The summed E-state index contributed by atoms with van der Waals surface area (Å²) in [6, 6.07) is 23.7. The highest BCUT2D eigenvalue weighted by atomic mass is 32.2. The van der Waals surface area contributed by atoms with Gasteiger partial charge in [-0.25, -0.2) is 13.1 Å². The summed E-state index contributed by atoms with van der Waals surface area (Å²) in [7, 11) is -3.75. The van der Waals surface area contributed by atoms with Crippen LogP contribution in [0.4, 0.5) is 0 Å². The van der Waals surface area contributed by atoms with Crippen molar-refractivity contribution in [2.24, 2.45) is 0 Å². The smallest absolute Gasteiger partial charge is 0.241 e. The molecule has 3 aromatic rings. The summed E-state index contributed by atoms with van der Waals surface area (Å²) in [6.07, 6.45) is 0.550. The maximum absolute atomic E-state index is 13.1. The SMILES string of the molecule is O=S(=O)(NC(Cc1ccccc1)c1ccccc1)c1ccc2c(c1)OCCO2. The van der Waals surface area contributed by atoms with Crippen molar-refractivity contribution >= 4 is 10.0 Å². The lowest BCUT2D eigenvalue weighted by molar-refractivity contribution is 0.171. The van der Waals surface area contributed by atoms with Crippen molar-refractivity contribution in [2.45, 2.75) is 17.4 Å². The molecular formula is C22H21NO4S. The minimum absolute atomic E-state index is 0.158. The Hall–Kier alpha value is -2.83. The van der Waals surface area contributed by atoms with E-state index in [9.17, 15) is 8.42 Å². The van der Waals surface area contributed by atoms with Crippen molar-refractivity contribution in [3.05, 3.63) is 90.0 Å². The highest BCUT2D eigenvalue weighted by molar-refractivity contribution is 7.89. The highest BCUT2D eigenvalue weighted by Crippen LogP contribution is 2.32. The molecule has 28 heavy (non-hydrogen) atoms. The van der Waals surface area contributed by atoms with Crippen LogP contribution >= 0.6 is 0 Å². The summed E-state index contributed by atoms with van der Waals surface area (Å²) in [5.74, 6) is 1.02. The van der Waals surface area contributed by atoms with Crippen LogP contribution in [0.1, 0.15) is 17.2 Å². The van der Waals surface area contributed by atoms with Gasteiger partial charge in [-0.2, -0.15) is 0 Å². The summed E-state index contributed by atoms with van der Waals surface area (Å²) in [6.45, 7) is 0.870.